The fourth-order valence-electron chi connectivity index (χ4n) is 5.27. The van der Waals surface area contributed by atoms with Gasteiger partial charge in [0.1, 0.15) is 10.7 Å². The zero-order chi connectivity index (χ0) is 19.7. The molecule has 1 aliphatic carbocycles. The summed E-state index contributed by atoms with van der Waals surface area (Å²) in [5, 5.41) is 0. The Labute approximate surface area is 166 Å². The highest BCUT2D eigenvalue weighted by Gasteiger charge is 2.40. The molecule has 0 N–H and O–H groups in total. The van der Waals surface area contributed by atoms with Gasteiger partial charge in [-0.1, -0.05) is 25.0 Å². The van der Waals surface area contributed by atoms with E-state index in [1.165, 1.54) is 54.3 Å². The Hall–Kier alpha value is -1.47. The second-order valence-electron chi connectivity index (χ2n) is 8.39. The van der Waals surface area contributed by atoms with Crippen LogP contribution >= 0.6 is 0 Å². The molecular weight excluding hydrogens is 379 g/mol. The highest BCUT2D eigenvalue weighted by Crippen LogP contribution is 2.37. The van der Waals surface area contributed by atoms with Gasteiger partial charge in [0.25, 0.3) is 0 Å². The molecule has 2 atom stereocenters. The Balaban J connectivity index is 1.41. The minimum Gasteiger partial charge on any atom is -0.339 e. The van der Waals surface area contributed by atoms with Gasteiger partial charge in [0, 0.05) is 31.6 Å². The maximum Gasteiger partial charge on any atom is 0.245 e. The Morgan fingerprint density at radius 1 is 0.929 bits per heavy atom. The molecule has 0 aromatic heterocycles. The Bertz CT molecular complexity index is 819. The molecule has 2 heterocycles. The first kappa shape index (κ1) is 19.8. The highest BCUT2D eigenvalue weighted by molar-refractivity contribution is 7.89. The van der Waals surface area contributed by atoms with Crippen molar-refractivity contribution in [2.75, 3.05) is 19.6 Å². The number of likely N-dealkylation sites (tertiary alicyclic amines) is 1. The van der Waals surface area contributed by atoms with Crippen LogP contribution in [0.2, 0.25) is 0 Å². The highest BCUT2D eigenvalue weighted by atomic mass is 32.2. The first-order valence-electron chi connectivity index (χ1n) is 10.5. The summed E-state index contributed by atoms with van der Waals surface area (Å²) in [5.74, 6) is 0.0117. The van der Waals surface area contributed by atoms with Crippen molar-refractivity contribution in [1.29, 1.82) is 0 Å². The van der Waals surface area contributed by atoms with E-state index in [2.05, 4.69) is 4.90 Å². The number of benzene rings is 1. The van der Waals surface area contributed by atoms with Gasteiger partial charge < -0.3 is 4.90 Å². The number of carbonyl (C=O) groups is 1. The molecule has 7 heteroatoms. The van der Waals surface area contributed by atoms with Crippen molar-refractivity contribution in [3.8, 4) is 0 Å². The van der Waals surface area contributed by atoms with Crippen molar-refractivity contribution in [2.24, 2.45) is 11.8 Å². The van der Waals surface area contributed by atoms with E-state index in [9.17, 15) is 17.6 Å². The SMILES string of the molecule is O=C(C1CCN(S(=O)(=O)c2ccccc2F)CC1)N1CCCC2CCCCC21. The molecule has 1 amide bonds. The molecule has 2 unspecified atom stereocenters. The van der Waals surface area contributed by atoms with Crippen LogP contribution in [0.4, 0.5) is 4.39 Å². The van der Waals surface area contributed by atoms with E-state index in [0.29, 0.717) is 24.8 Å². The van der Waals surface area contributed by atoms with E-state index in [0.717, 1.165) is 19.4 Å². The van der Waals surface area contributed by atoms with Crippen LogP contribution in [0.1, 0.15) is 51.4 Å². The molecular formula is C21H29FN2O3S. The van der Waals surface area contributed by atoms with Crippen LogP contribution in [0.3, 0.4) is 0 Å². The van der Waals surface area contributed by atoms with Gasteiger partial charge in [-0.25, -0.2) is 12.8 Å². The molecule has 0 radical (unpaired) electrons. The van der Waals surface area contributed by atoms with E-state index in [1.54, 1.807) is 0 Å². The number of fused-ring (bicyclic) bond motifs is 1. The molecule has 1 saturated carbocycles. The lowest BCUT2D eigenvalue weighted by Crippen LogP contribution is -2.53. The van der Waals surface area contributed by atoms with Gasteiger partial charge >= 0.3 is 0 Å². The van der Waals surface area contributed by atoms with Gasteiger partial charge in [-0.05, 0) is 56.6 Å². The lowest BCUT2D eigenvalue weighted by molar-refractivity contribution is -0.143. The first-order valence-corrected chi connectivity index (χ1v) is 12.0. The molecule has 3 fully saturated rings. The topological polar surface area (TPSA) is 57.7 Å². The molecule has 3 aliphatic rings. The maximum atomic E-state index is 14.0. The van der Waals surface area contributed by atoms with E-state index in [1.807, 2.05) is 0 Å². The summed E-state index contributed by atoms with van der Waals surface area (Å²) >= 11 is 0. The van der Waals surface area contributed by atoms with E-state index < -0.39 is 15.8 Å². The molecule has 0 bridgehead atoms. The predicted molar refractivity (Wildman–Crippen MR) is 105 cm³/mol. The number of halogens is 1. The Morgan fingerprint density at radius 2 is 1.61 bits per heavy atom. The molecule has 28 heavy (non-hydrogen) atoms. The number of nitrogens with zero attached hydrogens (tertiary/aromatic N) is 2. The average Bonchev–Trinajstić information content (AvgIpc) is 2.73. The summed E-state index contributed by atoms with van der Waals surface area (Å²) in [6.45, 7) is 1.39. The fraction of sp³-hybridized carbons (Fsp3) is 0.667. The lowest BCUT2D eigenvalue weighted by Gasteiger charge is -2.46. The molecule has 1 aromatic carbocycles. The zero-order valence-corrected chi connectivity index (χ0v) is 17.0. The predicted octanol–water partition coefficient (Wildman–Crippen LogP) is 3.41. The van der Waals surface area contributed by atoms with Crippen molar-refractivity contribution in [2.45, 2.75) is 62.3 Å². The van der Waals surface area contributed by atoms with Gasteiger partial charge in [0.2, 0.25) is 15.9 Å². The molecule has 2 aliphatic heterocycles. The number of amides is 1. The van der Waals surface area contributed by atoms with Gasteiger partial charge in [0.05, 0.1) is 0 Å². The third kappa shape index (κ3) is 3.71. The molecule has 0 spiro atoms. The maximum absolute atomic E-state index is 14.0. The van der Waals surface area contributed by atoms with Crippen molar-refractivity contribution < 1.29 is 17.6 Å². The monoisotopic (exact) mass is 408 g/mol. The van der Waals surface area contributed by atoms with Crippen molar-refractivity contribution in [3.63, 3.8) is 0 Å². The number of rotatable bonds is 3. The summed E-state index contributed by atoms with van der Waals surface area (Å²) < 4.78 is 40.8. The second-order valence-corrected chi connectivity index (χ2v) is 10.3. The van der Waals surface area contributed by atoms with Crippen LogP contribution in [0.5, 0.6) is 0 Å². The van der Waals surface area contributed by atoms with Crippen LogP contribution in [0.25, 0.3) is 0 Å². The zero-order valence-electron chi connectivity index (χ0n) is 16.2. The normalized spacial score (nSPS) is 27.4. The molecule has 2 saturated heterocycles. The van der Waals surface area contributed by atoms with Gasteiger partial charge in [-0.3, -0.25) is 4.79 Å². The third-order valence-corrected chi connectivity index (χ3v) is 8.72. The smallest absolute Gasteiger partial charge is 0.245 e. The third-order valence-electron chi connectivity index (χ3n) is 6.78. The Morgan fingerprint density at radius 3 is 2.36 bits per heavy atom. The van der Waals surface area contributed by atoms with Crippen LogP contribution in [0.15, 0.2) is 29.2 Å². The lowest BCUT2D eigenvalue weighted by atomic mass is 9.77. The van der Waals surface area contributed by atoms with E-state index in [-0.39, 0.29) is 29.8 Å². The summed E-state index contributed by atoms with van der Waals surface area (Å²) in [4.78, 5) is 15.0. The minimum atomic E-state index is -3.85. The summed E-state index contributed by atoms with van der Waals surface area (Å²) in [5.41, 5.74) is 0. The van der Waals surface area contributed by atoms with Crippen molar-refractivity contribution in [1.82, 2.24) is 9.21 Å². The minimum absolute atomic E-state index is 0.118. The molecule has 1 aromatic rings. The quantitative estimate of drug-likeness (QED) is 0.770. The van der Waals surface area contributed by atoms with Crippen LogP contribution in [-0.4, -0.2) is 49.2 Å². The van der Waals surface area contributed by atoms with Crippen molar-refractivity contribution in [3.05, 3.63) is 30.1 Å². The second kappa shape index (κ2) is 8.11. The first-order chi connectivity index (χ1) is 13.5. The number of piperidine rings is 2. The largest absolute Gasteiger partial charge is 0.339 e. The molecule has 4 rings (SSSR count). The summed E-state index contributed by atoms with van der Waals surface area (Å²) in [6.07, 6.45) is 8.15. The van der Waals surface area contributed by atoms with Crippen LogP contribution in [-0.2, 0) is 14.8 Å². The fourth-order valence-corrected chi connectivity index (χ4v) is 6.80. The van der Waals surface area contributed by atoms with Crippen LogP contribution < -0.4 is 0 Å². The number of carbonyl (C=O) groups excluding carboxylic acids is 1. The number of sulfonamides is 1. The standard InChI is InChI=1S/C21H29FN2O3S/c22-18-8-2-4-10-20(18)28(26,27)23-14-11-17(12-15-23)21(25)24-13-5-7-16-6-1-3-9-19(16)24/h2,4,8,10,16-17,19H,1,3,5-7,9,11-15H2. The van der Waals surface area contributed by atoms with E-state index >= 15 is 0 Å². The number of hydrogen-bond donors (Lipinski definition) is 0. The summed E-state index contributed by atoms with van der Waals surface area (Å²) in [6, 6.07) is 5.87. The van der Waals surface area contributed by atoms with E-state index in [4.69, 9.17) is 0 Å². The Kier molecular flexibility index (Phi) is 5.74. The summed E-state index contributed by atoms with van der Waals surface area (Å²) in [7, 11) is -3.85. The van der Waals surface area contributed by atoms with Crippen molar-refractivity contribution >= 4 is 15.9 Å². The van der Waals surface area contributed by atoms with Gasteiger partial charge in [-0.15, -0.1) is 0 Å². The molecule has 5 nitrogen and oxygen atoms in total. The van der Waals surface area contributed by atoms with Gasteiger partial charge in [0.15, 0.2) is 0 Å². The average molecular weight is 409 g/mol. The van der Waals surface area contributed by atoms with Gasteiger partial charge in [-0.2, -0.15) is 4.31 Å². The number of hydrogen-bond acceptors (Lipinski definition) is 3. The molecule has 154 valence electrons. The van der Waals surface area contributed by atoms with Crippen LogP contribution in [0, 0.1) is 17.7 Å².